The molecular weight excluding hydrogens is 350 g/mol. The number of rotatable bonds is 3. The zero-order valence-electron chi connectivity index (χ0n) is 16.0. The molecule has 1 saturated heterocycles. The Morgan fingerprint density at radius 2 is 1.82 bits per heavy atom. The van der Waals surface area contributed by atoms with Gasteiger partial charge in [0, 0.05) is 25.7 Å². The van der Waals surface area contributed by atoms with E-state index in [2.05, 4.69) is 15.0 Å². The molecule has 2 aliphatic rings. The van der Waals surface area contributed by atoms with Crippen molar-refractivity contribution in [2.45, 2.75) is 45.1 Å². The molecule has 3 aromatic rings. The number of para-hydroxylation sites is 2. The van der Waals surface area contributed by atoms with Crippen LogP contribution in [0.15, 0.2) is 41.3 Å². The molecule has 5 rings (SSSR count). The van der Waals surface area contributed by atoms with Crippen molar-refractivity contribution in [1.29, 1.82) is 0 Å². The van der Waals surface area contributed by atoms with E-state index in [1.165, 1.54) is 12.8 Å². The molecule has 0 bridgehead atoms. The van der Waals surface area contributed by atoms with Gasteiger partial charge in [-0.15, -0.1) is 0 Å². The maximum Gasteiger partial charge on any atom is 0.267 e. The molecule has 0 unspecified atom stereocenters. The Morgan fingerprint density at radius 3 is 2.68 bits per heavy atom. The minimum absolute atomic E-state index is 0.0588. The molecule has 1 aromatic carbocycles. The Bertz CT molecular complexity index is 1050. The Kier molecular flexibility index (Phi) is 4.55. The number of benzene rings is 1. The number of hydrogen-bond acceptors (Lipinski definition) is 5. The lowest BCUT2D eigenvalue weighted by Crippen LogP contribution is -2.37. The Hall–Kier alpha value is -2.76. The third-order valence-electron chi connectivity index (χ3n) is 6.08. The fourth-order valence-corrected chi connectivity index (χ4v) is 4.42. The van der Waals surface area contributed by atoms with Crippen LogP contribution in [0.4, 0.5) is 5.82 Å². The molecular formula is C22H25N5O. The first-order chi connectivity index (χ1) is 13.8. The van der Waals surface area contributed by atoms with Gasteiger partial charge in [0.25, 0.3) is 5.56 Å². The number of hydrogen-bond donors (Lipinski definition) is 0. The average molecular weight is 375 g/mol. The van der Waals surface area contributed by atoms with E-state index in [9.17, 15) is 4.79 Å². The first-order valence-corrected chi connectivity index (χ1v) is 10.3. The van der Waals surface area contributed by atoms with Crippen LogP contribution in [-0.4, -0.2) is 32.8 Å². The van der Waals surface area contributed by atoms with Gasteiger partial charge in [0.1, 0.15) is 5.82 Å². The van der Waals surface area contributed by atoms with E-state index in [1.54, 1.807) is 4.68 Å². The van der Waals surface area contributed by atoms with Gasteiger partial charge in [-0.25, -0.2) is 9.67 Å². The number of fused-ring (bicyclic) bond motifs is 2. The van der Waals surface area contributed by atoms with Crippen molar-refractivity contribution in [3.63, 3.8) is 0 Å². The smallest absolute Gasteiger partial charge is 0.267 e. The summed E-state index contributed by atoms with van der Waals surface area (Å²) in [5.74, 6) is 1.43. The molecule has 0 N–H and O–H groups in total. The average Bonchev–Trinajstić information content (AvgIpc) is 2.74. The topological polar surface area (TPSA) is 63.9 Å². The van der Waals surface area contributed by atoms with Crippen molar-refractivity contribution in [3.05, 3.63) is 58.1 Å². The van der Waals surface area contributed by atoms with E-state index in [0.29, 0.717) is 5.92 Å². The van der Waals surface area contributed by atoms with E-state index >= 15 is 0 Å². The zero-order valence-corrected chi connectivity index (χ0v) is 16.0. The highest BCUT2D eigenvalue weighted by atomic mass is 16.1. The maximum absolute atomic E-state index is 12.4. The van der Waals surface area contributed by atoms with Crippen molar-refractivity contribution >= 4 is 16.9 Å². The van der Waals surface area contributed by atoms with Crippen molar-refractivity contribution in [1.82, 2.24) is 19.7 Å². The van der Waals surface area contributed by atoms with Crippen molar-refractivity contribution < 1.29 is 0 Å². The Morgan fingerprint density at radius 1 is 1.04 bits per heavy atom. The van der Waals surface area contributed by atoms with Crippen LogP contribution in [0, 0.1) is 5.92 Å². The predicted molar refractivity (Wildman–Crippen MR) is 110 cm³/mol. The second-order valence-electron chi connectivity index (χ2n) is 7.99. The van der Waals surface area contributed by atoms with Gasteiger partial charge < -0.3 is 4.90 Å². The molecule has 0 radical (unpaired) electrons. The molecule has 1 fully saturated rings. The van der Waals surface area contributed by atoms with Crippen LogP contribution in [0.25, 0.3) is 11.0 Å². The third kappa shape index (κ3) is 3.39. The van der Waals surface area contributed by atoms with Gasteiger partial charge in [-0.1, -0.05) is 12.1 Å². The number of anilines is 1. The van der Waals surface area contributed by atoms with E-state index in [-0.39, 0.29) is 5.56 Å². The van der Waals surface area contributed by atoms with Crippen molar-refractivity contribution in [2.75, 3.05) is 18.0 Å². The molecule has 1 aliphatic heterocycles. The van der Waals surface area contributed by atoms with Crippen LogP contribution in [0.3, 0.4) is 0 Å². The number of aromatic nitrogens is 4. The van der Waals surface area contributed by atoms with Crippen LogP contribution < -0.4 is 10.5 Å². The summed E-state index contributed by atoms with van der Waals surface area (Å²) in [6, 6.07) is 9.80. The standard InChI is InChI=1S/C22H25N5O/c28-22-13-17-5-1-2-6-18(17)25-27(22)15-16-9-11-26(12-10-16)21-14-23-19-7-3-4-8-20(19)24-21/h3-4,7-8,13-14,16H,1-2,5-6,9-12,15H2. The minimum atomic E-state index is 0.0588. The molecule has 6 nitrogen and oxygen atoms in total. The summed E-state index contributed by atoms with van der Waals surface area (Å²) in [6.07, 6.45) is 8.33. The molecule has 0 spiro atoms. The summed E-state index contributed by atoms with van der Waals surface area (Å²) in [6.45, 7) is 2.61. The lowest BCUT2D eigenvalue weighted by Gasteiger charge is -2.32. The summed E-state index contributed by atoms with van der Waals surface area (Å²) in [5.41, 5.74) is 4.22. The minimum Gasteiger partial charge on any atom is -0.355 e. The second-order valence-corrected chi connectivity index (χ2v) is 7.99. The molecule has 2 aromatic heterocycles. The van der Waals surface area contributed by atoms with Crippen molar-refractivity contribution in [2.24, 2.45) is 5.92 Å². The molecule has 144 valence electrons. The molecule has 3 heterocycles. The maximum atomic E-state index is 12.4. The van der Waals surface area contributed by atoms with Gasteiger partial charge in [0.05, 0.1) is 22.9 Å². The monoisotopic (exact) mass is 375 g/mol. The first-order valence-electron chi connectivity index (χ1n) is 10.3. The highest BCUT2D eigenvalue weighted by Crippen LogP contribution is 2.24. The molecule has 0 saturated carbocycles. The highest BCUT2D eigenvalue weighted by Gasteiger charge is 2.22. The predicted octanol–water partition coefficient (Wildman–Crippen LogP) is 2.98. The van der Waals surface area contributed by atoms with Crippen LogP contribution in [0.5, 0.6) is 0 Å². The van der Waals surface area contributed by atoms with Gasteiger partial charge in [-0.05, 0) is 62.1 Å². The van der Waals surface area contributed by atoms with E-state index < -0.39 is 0 Å². The SMILES string of the molecule is O=c1cc2c(nn1CC1CCN(c3cnc4ccccc4n3)CC1)CCCC2. The van der Waals surface area contributed by atoms with Gasteiger partial charge >= 0.3 is 0 Å². The lowest BCUT2D eigenvalue weighted by molar-refractivity contribution is 0.331. The number of nitrogens with zero attached hydrogens (tertiary/aromatic N) is 5. The third-order valence-corrected chi connectivity index (χ3v) is 6.08. The van der Waals surface area contributed by atoms with E-state index in [1.807, 2.05) is 36.5 Å². The second kappa shape index (κ2) is 7.34. The summed E-state index contributed by atoms with van der Waals surface area (Å²) >= 11 is 0. The van der Waals surface area contributed by atoms with Crippen LogP contribution in [-0.2, 0) is 19.4 Å². The number of aryl methyl sites for hydroxylation is 2. The molecule has 6 heteroatoms. The summed E-state index contributed by atoms with van der Waals surface area (Å²) < 4.78 is 1.71. The molecule has 0 amide bonds. The molecule has 28 heavy (non-hydrogen) atoms. The normalized spacial score (nSPS) is 17.6. The lowest BCUT2D eigenvalue weighted by atomic mass is 9.96. The summed E-state index contributed by atoms with van der Waals surface area (Å²) in [5, 5.41) is 4.69. The summed E-state index contributed by atoms with van der Waals surface area (Å²) in [4.78, 5) is 24.1. The van der Waals surface area contributed by atoms with Gasteiger partial charge in [-0.2, -0.15) is 5.10 Å². The van der Waals surface area contributed by atoms with Crippen LogP contribution >= 0.6 is 0 Å². The van der Waals surface area contributed by atoms with Gasteiger partial charge in [-0.3, -0.25) is 9.78 Å². The van der Waals surface area contributed by atoms with Gasteiger partial charge in [0.2, 0.25) is 0 Å². The van der Waals surface area contributed by atoms with Crippen LogP contribution in [0.1, 0.15) is 36.9 Å². The molecule has 1 aliphatic carbocycles. The quantitative estimate of drug-likeness (QED) is 0.704. The Labute approximate surface area is 164 Å². The van der Waals surface area contributed by atoms with E-state index in [4.69, 9.17) is 4.98 Å². The number of piperidine rings is 1. The largest absolute Gasteiger partial charge is 0.355 e. The fraction of sp³-hybridized carbons (Fsp3) is 0.455. The van der Waals surface area contributed by atoms with Gasteiger partial charge in [0.15, 0.2) is 0 Å². The fourth-order valence-electron chi connectivity index (χ4n) is 4.42. The first kappa shape index (κ1) is 17.3. The van der Waals surface area contributed by atoms with Crippen LogP contribution in [0.2, 0.25) is 0 Å². The highest BCUT2D eigenvalue weighted by molar-refractivity contribution is 5.75. The van der Waals surface area contributed by atoms with Crippen molar-refractivity contribution in [3.8, 4) is 0 Å². The zero-order chi connectivity index (χ0) is 18.9. The molecule has 0 atom stereocenters. The summed E-state index contributed by atoms with van der Waals surface area (Å²) in [7, 11) is 0. The van der Waals surface area contributed by atoms with E-state index in [0.717, 1.165) is 73.4 Å². The Balaban J connectivity index is 1.26.